The molecule has 9 heteroatoms. The van der Waals surface area contributed by atoms with Gasteiger partial charge in [0.15, 0.2) is 29.2 Å². The Balaban J connectivity index is 1.33. The Morgan fingerprint density at radius 2 is 1.90 bits per heavy atom. The normalized spacial score (nSPS) is 17.5. The molecule has 0 bridgehead atoms. The number of carbonyl (C=O) groups is 2. The largest absolute Gasteiger partial charge is 0.493 e. The average molecular weight is 539 g/mol. The fourth-order valence-electron chi connectivity index (χ4n) is 4.77. The second-order valence-corrected chi connectivity index (χ2v) is 9.57. The zero-order chi connectivity index (χ0) is 27.9. The maximum absolute atomic E-state index is 12.9. The Labute approximate surface area is 232 Å². The van der Waals surface area contributed by atoms with Crippen LogP contribution in [0.25, 0.3) is 10.9 Å². The van der Waals surface area contributed by atoms with Crippen LogP contribution in [0.15, 0.2) is 65.6 Å². The molecule has 0 radical (unpaired) electrons. The van der Waals surface area contributed by atoms with Crippen molar-refractivity contribution in [2.75, 3.05) is 33.4 Å². The number of carbonyl (C=O) groups excluding carboxylic acids is 2. The van der Waals surface area contributed by atoms with Gasteiger partial charge in [-0.3, -0.25) is 9.59 Å². The predicted octanol–water partition coefficient (Wildman–Crippen LogP) is 4.39. The summed E-state index contributed by atoms with van der Waals surface area (Å²) in [6, 6.07) is 12.6. The van der Waals surface area contributed by atoms with Gasteiger partial charge in [0, 0.05) is 29.6 Å². The molecule has 3 aromatic rings. The molecule has 5 rings (SSSR count). The van der Waals surface area contributed by atoms with Crippen LogP contribution in [0.5, 0.6) is 11.5 Å². The van der Waals surface area contributed by atoms with E-state index in [-0.39, 0.29) is 23.7 Å². The van der Waals surface area contributed by atoms with E-state index in [1.807, 2.05) is 18.2 Å². The number of likely N-dealkylation sites (tertiary alicyclic amines) is 1. The van der Waals surface area contributed by atoms with E-state index in [2.05, 4.69) is 25.8 Å². The number of aliphatic imine (C=N–C) groups is 1. The number of methoxy groups -OCH3 is 1. The molecule has 1 unspecified atom stereocenters. The van der Waals surface area contributed by atoms with Gasteiger partial charge in [0.05, 0.1) is 31.4 Å². The van der Waals surface area contributed by atoms with Crippen molar-refractivity contribution in [2.24, 2.45) is 4.99 Å². The van der Waals surface area contributed by atoms with E-state index in [0.29, 0.717) is 34.6 Å². The average Bonchev–Trinajstić information content (AvgIpc) is 3.50. The highest BCUT2D eigenvalue weighted by molar-refractivity contribution is 6.50. The fraction of sp³-hybridized carbons (Fsp3) is 0.323. The molecule has 0 saturated carbocycles. The summed E-state index contributed by atoms with van der Waals surface area (Å²) in [6.07, 6.45) is 10.5. The lowest BCUT2D eigenvalue weighted by molar-refractivity contribution is -0.120. The third-order valence-corrected chi connectivity index (χ3v) is 6.86. The summed E-state index contributed by atoms with van der Waals surface area (Å²) in [5.74, 6) is 2.92. The standard InChI is InChI=1S/C31H30N4O5/c1-3-27(21-10-5-4-6-11-21)40-28-19-25(36)24(17-26(28)37)34-31-22-16-29(38-2)30(18-23(22)32-20-33-31)39-15-9-14-35-12-7-8-13-35/h1,4-6,10-11,16,18-20,27H,7-9,12-15,17H2,2H3. The van der Waals surface area contributed by atoms with Crippen LogP contribution >= 0.6 is 0 Å². The summed E-state index contributed by atoms with van der Waals surface area (Å²) in [5.41, 5.74) is 1.34. The van der Waals surface area contributed by atoms with Gasteiger partial charge >= 0.3 is 0 Å². The smallest absolute Gasteiger partial charge is 0.204 e. The molecular weight excluding hydrogens is 508 g/mol. The Hall–Kier alpha value is -4.55. The summed E-state index contributed by atoms with van der Waals surface area (Å²) < 4.78 is 17.3. The van der Waals surface area contributed by atoms with E-state index in [1.165, 1.54) is 19.2 Å². The van der Waals surface area contributed by atoms with Crippen molar-refractivity contribution >= 4 is 34.0 Å². The number of hydrogen-bond acceptors (Lipinski definition) is 9. The number of benzene rings is 2. The quantitative estimate of drug-likeness (QED) is 0.277. The van der Waals surface area contributed by atoms with Crippen LogP contribution in [-0.4, -0.2) is 65.5 Å². The first kappa shape index (κ1) is 27.0. The van der Waals surface area contributed by atoms with Crippen LogP contribution in [0.4, 0.5) is 5.82 Å². The van der Waals surface area contributed by atoms with E-state index in [0.717, 1.165) is 32.1 Å². The SMILES string of the molecule is C#CC(OC1=CC(=O)C(=Nc2ncnc3cc(OCCCN4CCCC4)c(OC)cc23)CC1=O)c1ccccc1. The number of hydrogen-bond donors (Lipinski definition) is 0. The minimum absolute atomic E-state index is 0.0514. The molecular formula is C31H30N4O5. The van der Waals surface area contributed by atoms with Gasteiger partial charge in [0.1, 0.15) is 6.33 Å². The maximum atomic E-state index is 12.9. The molecule has 9 nitrogen and oxygen atoms in total. The molecule has 0 N–H and O–H groups in total. The van der Waals surface area contributed by atoms with Crippen molar-refractivity contribution in [1.82, 2.24) is 14.9 Å². The monoisotopic (exact) mass is 538 g/mol. The number of rotatable bonds is 10. The highest BCUT2D eigenvalue weighted by atomic mass is 16.5. The molecule has 2 aliphatic rings. The van der Waals surface area contributed by atoms with E-state index >= 15 is 0 Å². The van der Waals surface area contributed by atoms with Crippen LogP contribution < -0.4 is 9.47 Å². The molecule has 2 aromatic carbocycles. The van der Waals surface area contributed by atoms with Crippen LogP contribution in [0.2, 0.25) is 0 Å². The summed E-state index contributed by atoms with van der Waals surface area (Å²) in [4.78, 5) is 41.3. The summed E-state index contributed by atoms with van der Waals surface area (Å²) in [7, 11) is 1.56. The number of allylic oxidation sites excluding steroid dienone is 2. The van der Waals surface area contributed by atoms with Crippen molar-refractivity contribution in [2.45, 2.75) is 31.8 Å². The Kier molecular flexibility index (Phi) is 8.47. The number of fused-ring (bicyclic) bond motifs is 1. The lowest BCUT2D eigenvalue weighted by Gasteiger charge is -2.19. The van der Waals surface area contributed by atoms with Gasteiger partial charge in [0.2, 0.25) is 11.6 Å². The van der Waals surface area contributed by atoms with E-state index in [1.54, 1.807) is 31.4 Å². The number of terminal acetylenes is 1. The van der Waals surface area contributed by atoms with Crippen LogP contribution in [0, 0.1) is 12.3 Å². The number of Topliss-reactive ketones (excluding diaryl/α,β-unsaturated/α-hetero) is 1. The van der Waals surface area contributed by atoms with Gasteiger partial charge in [-0.1, -0.05) is 36.3 Å². The van der Waals surface area contributed by atoms with Gasteiger partial charge in [-0.2, -0.15) is 0 Å². The van der Waals surface area contributed by atoms with Gasteiger partial charge in [0.25, 0.3) is 0 Å². The Bertz CT molecular complexity index is 1500. The molecule has 1 saturated heterocycles. The number of ketones is 2. The lowest BCUT2D eigenvalue weighted by atomic mass is 10.0. The lowest BCUT2D eigenvalue weighted by Crippen LogP contribution is -2.26. The second kappa shape index (κ2) is 12.5. The predicted molar refractivity (Wildman–Crippen MR) is 151 cm³/mol. The summed E-state index contributed by atoms with van der Waals surface area (Å²) >= 11 is 0. The summed E-state index contributed by atoms with van der Waals surface area (Å²) in [6.45, 7) is 3.86. The molecule has 1 aliphatic carbocycles. The van der Waals surface area contributed by atoms with Gasteiger partial charge in [-0.05, 0) is 38.4 Å². The van der Waals surface area contributed by atoms with Crippen LogP contribution in [-0.2, 0) is 14.3 Å². The Morgan fingerprint density at radius 3 is 2.65 bits per heavy atom. The minimum Gasteiger partial charge on any atom is -0.493 e. The molecule has 0 amide bonds. The van der Waals surface area contributed by atoms with Gasteiger partial charge in [-0.25, -0.2) is 15.0 Å². The highest BCUT2D eigenvalue weighted by Crippen LogP contribution is 2.35. The molecule has 204 valence electrons. The fourth-order valence-corrected chi connectivity index (χ4v) is 4.77. The summed E-state index contributed by atoms with van der Waals surface area (Å²) in [5, 5.41) is 0.569. The minimum atomic E-state index is -0.794. The first-order chi connectivity index (χ1) is 19.6. The van der Waals surface area contributed by atoms with Crippen molar-refractivity contribution in [3.8, 4) is 23.8 Å². The van der Waals surface area contributed by atoms with E-state index < -0.39 is 17.7 Å². The first-order valence-corrected chi connectivity index (χ1v) is 13.3. The molecule has 1 fully saturated rings. The van der Waals surface area contributed by atoms with E-state index in [9.17, 15) is 9.59 Å². The molecule has 1 atom stereocenters. The van der Waals surface area contributed by atoms with Crippen LogP contribution in [0.1, 0.15) is 37.4 Å². The first-order valence-electron chi connectivity index (χ1n) is 13.3. The van der Waals surface area contributed by atoms with Crippen molar-refractivity contribution in [3.05, 3.63) is 66.2 Å². The topological polar surface area (TPSA) is 103 Å². The van der Waals surface area contributed by atoms with Crippen molar-refractivity contribution in [1.29, 1.82) is 0 Å². The third kappa shape index (κ3) is 6.19. The maximum Gasteiger partial charge on any atom is 0.204 e. The van der Waals surface area contributed by atoms with Gasteiger partial charge in [-0.15, -0.1) is 6.42 Å². The molecule has 1 aromatic heterocycles. The number of nitrogens with zero attached hydrogens (tertiary/aromatic N) is 4. The number of ether oxygens (including phenoxy) is 3. The van der Waals surface area contributed by atoms with E-state index in [4.69, 9.17) is 20.6 Å². The van der Waals surface area contributed by atoms with Crippen molar-refractivity contribution in [3.63, 3.8) is 0 Å². The molecule has 2 heterocycles. The number of aromatic nitrogens is 2. The second-order valence-electron chi connectivity index (χ2n) is 9.57. The molecule has 1 aliphatic heterocycles. The highest BCUT2D eigenvalue weighted by Gasteiger charge is 2.28. The Morgan fingerprint density at radius 1 is 1.10 bits per heavy atom. The third-order valence-electron chi connectivity index (χ3n) is 6.86. The van der Waals surface area contributed by atoms with Crippen molar-refractivity contribution < 1.29 is 23.8 Å². The van der Waals surface area contributed by atoms with Gasteiger partial charge < -0.3 is 19.1 Å². The zero-order valence-corrected chi connectivity index (χ0v) is 22.3. The van der Waals surface area contributed by atoms with Crippen LogP contribution in [0.3, 0.4) is 0 Å². The molecule has 40 heavy (non-hydrogen) atoms. The molecule has 0 spiro atoms. The zero-order valence-electron chi connectivity index (χ0n) is 22.3.